The predicted octanol–water partition coefficient (Wildman–Crippen LogP) is 1.74. The molecule has 0 fully saturated rings. The van der Waals surface area contributed by atoms with E-state index in [2.05, 4.69) is 15.4 Å². The molecule has 4 nitrogen and oxygen atoms in total. The first kappa shape index (κ1) is 9.71. The number of nitrogens with one attached hydrogen (secondary N) is 1. The Morgan fingerprint density at radius 1 is 1.33 bits per heavy atom. The highest BCUT2D eigenvalue weighted by Gasteiger charge is 1.98. The molecule has 0 radical (unpaired) electrons. The molecule has 2 rings (SSSR count). The van der Waals surface area contributed by atoms with Crippen LogP contribution in [-0.4, -0.2) is 14.8 Å². The van der Waals surface area contributed by atoms with Crippen molar-refractivity contribution in [3.63, 3.8) is 0 Å². The molecule has 15 heavy (non-hydrogen) atoms. The standard InChI is InChI=1S/C11H14N4/c1-9-3-4-10(7-12-9)13-8-11-5-6-14-15(11)2/h3-7,13H,8H2,1-2H3. The minimum absolute atomic E-state index is 0.765. The van der Waals surface area contributed by atoms with Gasteiger partial charge in [0.05, 0.1) is 24.1 Å². The Morgan fingerprint density at radius 3 is 2.80 bits per heavy atom. The molecule has 1 N–H and O–H groups in total. The van der Waals surface area contributed by atoms with Crippen molar-refractivity contribution >= 4 is 5.69 Å². The van der Waals surface area contributed by atoms with E-state index in [0.717, 1.165) is 23.6 Å². The molecule has 0 aliphatic heterocycles. The largest absolute Gasteiger partial charge is 0.378 e. The van der Waals surface area contributed by atoms with Crippen LogP contribution in [-0.2, 0) is 13.6 Å². The molecule has 4 heteroatoms. The molecule has 0 saturated heterocycles. The number of hydrogen-bond donors (Lipinski definition) is 1. The minimum Gasteiger partial charge on any atom is -0.378 e. The fourth-order valence-electron chi connectivity index (χ4n) is 1.34. The molecule has 78 valence electrons. The third-order valence-electron chi connectivity index (χ3n) is 2.31. The number of rotatable bonds is 3. The molecule has 0 spiro atoms. The third-order valence-corrected chi connectivity index (χ3v) is 2.31. The van der Waals surface area contributed by atoms with Gasteiger partial charge in [-0.15, -0.1) is 0 Å². The number of pyridine rings is 1. The summed E-state index contributed by atoms with van der Waals surface area (Å²) in [7, 11) is 1.93. The van der Waals surface area contributed by atoms with Crippen LogP contribution in [0.1, 0.15) is 11.4 Å². The van der Waals surface area contributed by atoms with E-state index in [1.807, 2.05) is 43.0 Å². The van der Waals surface area contributed by atoms with Gasteiger partial charge in [0.1, 0.15) is 0 Å². The highest BCUT2D eigenvalue weighted by atomic mass is 15.3. The molecule has 0 bridgehead atoms. The summed E-state index contributed by atoms with van der Waals surface area (Å²) in [4.78, 5) is 4.22. The highest BCUT2D eigenvalue weighted by Crippen LogP contribution is 2.07. The van der Waals surface area contributed by atoms with Crippen molar-refractivity contribution < 1.29 is 0 Å². The van der Waals surface area contributed by atoms with Crippen LogP contribution >= 0.6 is 0 Å². The fraction of sp³-hybridized carbons (Fsp3) is 0.273. The first-order valence-electron chi connectivity index (χ1n) is 4.89. The molecular weight excluding hydrogens is 188 g/mol. The Labute approximate surface area is 89.0 Å². The molecule has 0 atom stereocenters. The van der Waals surface area contributed by atoms with Gasteiger partial charge < -0.3 is 5.32 Å². The Hall–Kier alpha value is -1.84. The van der Waals surface area contributed by atoms with E-state index >= 15 is 0 Å². The van der Waals surface area contributed by atoms with Crippen LogP contribution in [0, 0.1) is 6.92 Å². The molecule has 0 aromatic carbocycles. The van der Waals surface area contributed by atoms with Crippen LogP contribution < -0.4 is 5.32 Å². The van der Waals surface area contributed by atoms with Gasteiger partial charge in [0, 0.05) is 18.9 Å². The van der Waals surface area contributed by atoms with Gasteiger partial charge in [-0.05, 0) is 25.1 Å². The normalized spacial score (nSPS) is 10.3. The van der Waals surface area contributed by atoms with Crippen molar-refractivity contribution in [2.24, 2.45) is 7.05 Å². The second kappa shape index (κ2) is 4.13. The zero-order chi connectivity index (χ0) is 10.7. The Bertz CT molecular complexity index is 430. The van der Waals surface area contributed by atoms with E-state index in [1.165, 1.54) is 0 Å². The lowest BCUT2D eigenvalue weighted by Gasteiger charge is -2.06. The quantitative estimate of drug-likeness (QED) is 0.824. The molecule has 2 heterocycles. The van der Waals surface area contributed by atoms with Crippen LogP contribution in [0.5, 0.6) is 0 Å². The number of anilines is 1. The summed E-state index contributed by atoms with van der Waals surface area (Å²) >= 11 is 0. The van der Waals surface area contributed by atoms with Crippen LogP contribution in [0.15, 0.2) is 30.6 Å². The maximum Gasteiger partial charge on any atom is 0.0571 e. The fourth-order valence-corrected chi connectivity index (χ4v) is 1.34. The second-order valence-corrected chi connectivity index (χ2v) is 3.49. The van der Waals surface area contributed by atoms with Crippen LogP contribution in [0.3, 0.4) is 0 Å². The smallest absolute Gasteiger partial charge is 0.0571 e. The van der Waals surface area contributed by atoms with Gasteiger partial charge in [-0.2, -0.15) is 5.10 Å². The lowest BCUT2D eigenvalue weighted by molar-refractivity contribution is 0.720. The van der Waals surface area contributed by atoms with Gasteiger partial charge >= 0.3 is 0 Å². The van der Waals surface area contributed by atoms with Crippen LogP contribution in [0.2, 0.25) is 0 Å². The number of aromatic nitrogens is 3. The van der Waals surface area contributed by atoms with Gasteiger partial charge in [0.2, 0.25) is 0 Å². The Morgan fingerprint density at radius 2 is 2.20 bits per heavy atom. The summed E-state index contributed by atoms with van der Waals surface area (Å²) in [5.41, 5.74) is 3.21. The van der Waals surface area contributed by atoms with E-state index in [0.29, 0.717) is 0 Å². The maximum absolute atomic E-state index is 4.22. The summed E-state index contributed by atoms with van der Waals surface area (Å²) in [5, 5.41) is 7.40. The zero-order valence-electron chi connectivity index (χ0n) is 8.94. The number of hydrogen-bond acceptors (Lipinski definition) is 3. The summed E-state index contributed by atoms with van der Waals surface area (Å²) in [6, 6.07) is 6.01. The summed E-state index contributed by atoms with van der Waals surface area (Å²) in [5.74, 6) is 0. The molecule has 0 saturated carbocycles. The van der Waals surface area contributed by atoms with E-state index < -0.39 is 0 Å². The molecular formula is C11H14N4. The SMILES string of the molecule is Cc1ccc(NCc2ccnn2C)cn1. The third kappa shape index (κ3) is 2.34. The van der Waals surface area contributed by atoms with Crippen molar-refractivity contribution in [2.45, 2.75) is 13.5 Å². The van der Waals surface area contributed by atoms with Gasteiger partial charge in [0.15, 0.2) is 0 Å². The maximum atomic E-state index is 4.22. The van der Waals surface area contributed by atoms with Gasteiger partial charge in [-0.25, -0.2) is 0 Å². The second-order valence-electron chi connectivity index (χ2n) is 3.49. The van der Waals surface area contributed by atoms with Crippen LogP contribution in [0.25, 0.3) is 0 Å². The van der Waals surface area contributed by atoms with Gasteiger partial charge in [0.25, 0.3) is 0 Å². The lowest BCUT2D eigenvalue weighted by atomic mass is 10.3. The predicted molar refractivity (Wildman–Crippen MR) is 59.5 cm³/mol. The van der Waals surface area contributed by atoms with Gasteiger partial charge in [-0.3, -0.25) is 9.67 Å². The Balaban J connectivity index is 1.99. The van der Waals surface area contributed by atoms with E-state index in [-0.39, 0.29) is 0 Å². The minimum atomic E-state index is 0.765. The molecule has 2 aromatic rings. The van der Waals surface area contributed by atoms with Crippen molar-refractivity contribution in [2.75, 3.05) is 5.32 Å². The van der Waals surface area contributed by atoms with Crippen molar-refractivity contribution in [1.29, 1.82) is 0 Å². The van der Waals surface area contributed by atoms with Crippen molar-refractivity contribution in [3.05, 3.63) is 42.0 Å². The summed E-state index contributed by atoms with van der Waals surface area (Å²) in [6.07, 6.45) is 3.64. The average molecular weight is 202 g/mol. The molecule has 0 aliphatic rings. The number of nitrogens with zero attached hydrogens (tertiary/aromatic N) is 3. The van der Waals surface area contributed by atoms with E-state index in [1.54, 1.807) is 6.20 Å². The van der Waals surface area contributed by atoms with Crippen molar-refractivity contribution in [1.82, 2.24) is 14.8 Å². The van der Waals surface area contributed by atoms with Gasteiger partial charge in [-0.1, -0.05) is 0 Å². The average Bonchev–Trinajstić information content (AvgIpc) is 2.63. The lowest BCUT2D eigenvalue weighted by Crippen LogP contribution is -2.05. The Kier molecular flexibility index (Phi) is 2.67. The first-order valence-corrected chi connectivity index (χ1v) is 4.89. The first-order chi connectivity index (χ1) is 7.25. The van der Waals surface area contributed by atoms with E-state index in [4.69, 9.17) is 0 Å². The number of aryl methyl sites for hydroxylation is 2. The molecule has 2 aromatic heterocycles. The van der Waals surface area contributed by atoms with Crippen LogP contribution in [0.4, 0.5) is 5.69 Å². The molecule has 0 aliphatic carbocycles. The molecule has 0 unspecified atom stereocenters. The highest BCUT2D eigenvalue weighted by molar-refractivity contribution is 5.41. The zero-order valence-corrected chi connectivity index (χ0v) is 8.94. The summed E-state index contributed by atoms with van der Waals surface area (Å²) in [6.45, 7) is 2.74. The van der Waals surface area contributed by atoms with Crippen molar-refractivity contribution in [3.8, 4) is 0 Å². The monoisotopic (exact) mass is 202 g/mol. The molecule has 0 amide bonds. The van der Waals surface area contributed by atoms with E-state index in [9.17, 15) is 0 Å². The topological polar surface area (TPSA) is 42.7 Å². The summed E-state index contributed by atoms with van der Waals surface area (Å²) < 4.78 is 1.86.